The second-order valence-corrected chi connectivity index (χ2v) is 5.79. The minimum Gasteiger partial charge on any atom is -0.481 e. The molecule has 1 aromatic rings. The molecule has 2 N–H and O–H groups in total. The standard InChI is InChI=1S/C16H20N2O5/c1-10(2)8-17-14(19)9-18-11-5-3-4-6-12(11)23-13(16(18)22)7-15(20)21/h3-6,10,13H,7-9H2,1-2H3,(H,17,19)(H,20,21). The van der Waals surface area contributed by atoms with E-state index >= 15 is 0 Å². The molecular weight excluding hydrogens is 300 g/mol. The van der Waals surface area contributed by atoms with Gasteiger partial charge in [-0.15, -0.1) is 0 Å². The third kappa shape index (κ3) is 4.21. The minimum absolute atomic E-state index is 0.165. The molecule has 1 aromatic carbocycles. The Morgan fingerprint density at radius 1 is 1.35 bits per heavy atom. The Morgan fingerprint density at radius 3 is 2.70 bits per heavy atom. The zero-order valence-electron chi connectivity index (χ0n) is 13.1. The summed E-state index contributed by atoms with van der Waals surface area (Å²) in [5.41, 5.74) is 0.471. The maximum atomic E-state index is 12.5. The number of amides is 2. The fraction of sp³-hybridized carbons (Fsp3) is 0.438. The lowest BCUT2D eigenvalue weighted by Gasteiger charge is -2.33. The van der Waals surface area contributed by atoms with Crippen LogP contribution in [0.15, 0.2) is 24.3 Å². The molecule has 1 aliphatic rings. The van der Waals surface area contributed by atoms with Gasteiger partial charge < -0.3 is 15.2 Å². The van der Waals surface area contributed by atoms with E-state index in [1.165, 1.54) is 4.90 Å². The Labute approximate surface area is 134 Å². The molecule has 23 heavy (non-hydrogen) atoms. The summed E-state index contributed by atoms with van der Waals surface area (Å²) in [6.45, 7) is 4.29. The second kappa shape index (κ2) is 7.13. The van der Waals surface area contributed by atoms with E-state index in [4.69, 9.17) is 9.84 Å². The van der Waals surface area contributed by atoms with E-state index in [1.807, 2.05) is 13.8 Å². The number of nitrogens with zero attached hydrogens (tertiary/aromatic N) is 1. The van der Waals surface area contributed by atoms with Crippen molar-refractivity contribution in [2.75, 3.05) is 18.0 Å². The van der Waals surface area contributed by atoms with Gasteiger partial charge in [0, 0.05) is 6.54 Å². The molecule has 1 atom stereocenters. The number of fused-ring (bicyclic) bond motifs is 1. The maximum absolute atomic E-state index is 12.5. The van der Waals surface area contributed by atoms with Crippen molar-refractivity contribution in [3.8, 4) is 5.75 Å². The van der Waals surface area contributed by atoms with Gasteiger partial charge in [-0.2, -0.15) is 0 Å². The number of hydrogen-bond donors (Lipinski definition) is 2. The molecule has 0 aromatic heterocycles. The molecule has 7 heteroatoms. The van der Waals surface area contributed by atoms with Crippen LogP contribution in [0.3, 0.4) is 0 Å². The van der Waals surface area contributed by atoms with Crippen molar-refractivity contribution >= 4 is 23.5 Å². The highest BCUT2D eigenvalue weighted by molar-refractivity contribution is 6.04. The van der Waals surface area contributed by atoms with Crippen LogP contribution < -0.4 is 15.0 Å². The van der Waals surface area contributed by atoms with Gasteiger partial charge in [0.2, 0.25) is 5.91 Å². The molecular formula is C16H20N2O5. The van der Waals surface area contributed by atoms with E-state index in [0.717, 1.165) is 0 Å². The molecule has 0 saturated heterocycles. The normalized spacial score (nSPS) is 16.7. The number of hydrogen-bond acceptors (Lipinski definition) is 4. The number of para-hydroxylation sites is 2. The third-order valence-corrected chi connectivity index (χ3v) is 3.34. The lowest BCUT2D eigenvalue weighted by Crippen LogP contribution is -2.50. The lowest BCUT2D eigenvalue weighted by atomic mass is 10.1. The molecule has 0 saturated carbocycles. The van der Waals surface area contributed by atoms with Gasteiger partial charge in [-0.05, 0) is 18.1 Å². The SMILES string of the molecule is CC(C)CNC(=O)CN1C(=O)C(CC(=O)O)Oc2ccccc21. The summed E-state index contributed by atoms with van der Waals surface area (Å²) in [6, 6.07) is 6.77. The number of carbonyl (C=O) groups excluding carboxylic acids is 2. The molecule has 1 heterocycles. The highest BCUT2D eigenvalue weighted by atomic mass is 16.5. The largest absolute Gasteiger partial charge is 0.481 e. The fourth-order valence-electron chi connectivity index (χ4n) is 2.24. The fourth-order valence-corrected chi connectivity index (χ4v) is 2.24. The summed E-state index contributed by atoms with van der Waals surface area (Å²) in [7, 11) is 0. The zero-order chi connectivity index (χ0) is 17.0. The average molecular weight is 320 g/mol. The summed E-state index contributed by atoms with van der Waals surface area (Å²) in [5.74, 6) is -1.25. The number of rotatable bonds is 6. The number of carboxylic acids is 1. The van der Waals surface area contributed by atoms with Crippen LogP contribution in [0, 0.1) is 5.92 Å². The van der Waals surface area contributed by atoms with Crippen molar-refractivity contribution in [2.24, 2.45) is 5.92 Å². The van der Waals surface area contributed by atoms with Gasteiger partial charge in [-0.3, -0.25) is 19.3 Å². The molecule has 1 aliphatic heterocycles. The van der Waals surface area contributed by atoms with Crippen LogP contribution in [0.1, 0.15) is 20.3 Å². The monoisotopic (exact) mass is 320 g/mol. The Hall–Kier alpha value is -2.57. The second-order valence-electron chi connectivity index (χ2n) is 5.79. The van der Waals surface area contributed by atoms with Crippen molar-refractivity contribution < 1.29 is 24.2 Å². The van der Waals surface area contributed by atoms with Crippen molar-refractivity contribution in [1.82, 2.24) is 5.32 Å². The average Bonchev–Trinajstić information content (AvgIpc) is 2.49. The maximum Gasteiger partial charge on any atom is 0.307 e. The zero-order valence-corrected chi connectivity index (χ0v) is 13.1. The van der Waals surface area contributed by atoms with Crippen LogP contribution in [0.5, 0.6) is 5.75 Å². The van der Waals surface area contributed by atoms with E-state index in [1.54, 1.807) is 24.3 Å². The van der Waals surface area contributed by atoms with E-state index in [2.05, 4.69) is 5.32 Å². The first-order valence-electron chi connectivity index (χ1n) is 7.44. The van der Waals surface area contributed by atoms with Gasteiger partial charge in [-0.25, -0.2) is 0 Å². The molecule has 124 valence electrons. The number of nitrogens with one attached hydrogen (secondary N) is 1. The molecule has 0 fully saturated rings. The van der Waals surface area contributed by atoms with Gasteiger partial charge >= 0.3 is 5.97 Å². The van der Waals surface area contributed by atoms with Gasteiger partial charge in [0.15, 0.2) is 6.10 Å². The summed E-state index contributed by atoms with van der Waals surface area (Å²) >= 11 is 0. The van der Waals surface area contributed by atoms with Crippen molar-refractivity contribution in [3.05, 3.63) is 24.3 Å². The first-order valence-corrected chi connectivity index (χ1v) is 7.44. The molecule has 2 amide bonds. The van der Waals surface area contributed by atoms with Crippen LogP contribution in [0.2, 0.25) is 0 Å². The molecule has 0 aliphatic carbocycles. The van der Waals surface area contributed by atoms with Crippen LogP contribution >= 0.6 is 0 Å². The van der Waals surface area contributed by atoms with Crippen molar-refractivity contribution in [2.45, 2.75) is 26.4 Å². The molecule has 0 spiro atoms. The summed E-state index contributed by atoms with van der Waals surface area (Å²) in [6.07, 6.45) is -1.57. The van der Waals surface area contributed by atoms with Crippen LogP contribution in [0.25, 0.3) is 0 Å². The highest BCUT2D eigenvalue weighted by Gasteiger charge is 2.36. The molecule has 0 bridgehead atoms. The minimum atomic E-state index is -1.13. The van der Waals surface area contributed by atoms with Crippen molar-refractivity contribution in [1.29, 1.82) is 0 Å². The third-order valence-electron chi connectivity index (χ3n) is 3.34. The van der Waals surface area contributed by atoms with E-state index in [9.17, 15) is 14.4 Å². The number of carboxylic acid groups (broad SMARTS) is 1. The first kappa shape index (κ1) is 16.8. The Balaban J connectivity index is 2.19. The van der Waals surface area contributed by atoms with Gasteiger partial charge in [0.05, 0.1) is 12.1 Å². The van der Waals surface area contributed by atoms with E-state index < -0.39 is 24.4 Å². The number of benzene rings is 1. The molecule has 1 unspecified atom stereocenters. The molecule has 0 radical (unpaired) electrons. The quantitative estimate of drug-likeness (QED) is 0.816. The lowest BCUT2D eigenvalue weighted by molar-refractivity contribution is -0.142. The Kier molecular flexibility index (Phi) is 5.20. The number of carbonyl (C=O) groups is 3. The molecule has 7 nitrogen and oxygen atoms in total. The topological polar surface area (TPSA) is 95.9 Å². The summed E-state index contributed by atoms with van der Waals surface area (Å²) in [5, 5.41) is 11.7. The van der Waals surface area contributed by atoms with E-state index in [-0.39, 0.29) is 12.5 Å². The number of aliphatic carboxylic acids is 1. The highest BCUT2D eigenvalue weighted by Crippen LogP contribution is 2.34. The number of ether oxygens (including phenoxy) is 1. The van der Waals surface area contributed by atoms with Crippen LogP contribution in [0.4, 0.5) is 5.69 Å². The van der Waals surface area contributed by atoms with Crippen molar-refractivity contribution in [3.63, 3.8) is 0 Å². The molecule has 2 rings (SSSR count). The Bertz CT molecular complexity index is 614. The van der Waals surface area contributed by atoms with E-state index in [0.29, 0.717) is 23.9 Å². The van der Waals surface area contributed by atoms with Gasteiger partial charge in [0.1, 0.15) is 12.3 Å². The van der Waals surface area contributed by atoms with Crippen LogP contribution in [-0.2, 0) is 14.4 Å². The van der Waals surface area contributed by atoms with Gasteiger partial charge in [0.25, 0.3) is 5.91 Å². The van der Waals surface area contributed by atoms with Gasteiger partial charge in [-0.1, -0.05) is 26.0 Å². The number of anilines is 1. The predicted octanol–water partition coefficient (Wildman–Crippen LogP) is 1.03. The summed E-state index contributed by atoms with van der Waals surface area (Å²) in [4.78, 5) is 36.7. The van der Waals surface area contributed by atoms with Crippen LogP contribution in [-0.4, -0.2) is 42.1 Å². The smallest absolute Gasteiger partial charge is 0.307 e. The first-order chi connectivity index (χ1) is 10.9. The Morgan fingerprint density at radius 2 is 2.04 bits per heavy atom. The summed E-state index contributed by atoms with van der Waals surface area (Å²) < 4.78 is 5.46. The predicted molar refractivity (Wildman–Crippen MR) is 83.3 cm³/mol.